The van der Waals surface area contributed by atoms with E-state index in [1.54, 1.807) is 11.8 Å². The molecule has 1 unspecified atom stereocenters. The summed E-state index contributed by atoms with van der Waals surface area (Å²) >= 11 is 7.66. The summed E-state index contributed by atoms with van der Waals surface area (Å²) in [5.74, 6) is 0.866. The second kappa shape index (κ2) is 6.66. The van der Waals surface area contributed by atoms with Gasteiger partial charge in [-0.3, -0.25) is 0 Å². The quantitative estimate of drug-likeness (QED) is 0.799. The molecule has 0 saturated carbocycles. The fourth-order valence-electron chi connectivity index (χ4n) is 2.19. The van der Waals surface area contributed by atoms with Crippen LogP contribution in [0.3, 0.4) is 0 Å². The van der Waals surface area contributed by atoms with E-state index in [0.29, 0.717) is 0 Å². The van der Waals surface area contributed by atoms with Gasteiger partial charge in [0, 0.05) is 21.7 Å². The van der Waals surface area contributed by atoms with Crippen LogP contribution in [0.1, 0.15) is 28.3 Å². The Labute approximate surface area is 130 Å². The summed E-state index contributed by atoms with van der Waals surface area (Å²) in [4.78, 5) is 1.20. The topological polar surface area (TPSA) is 26.0 Å². The number of benzene rings is 2. The van der Waals surface area contributed by atoms with Crippen molar-refractivity contribution < 1.29 is 0 Å². The molecule has 3 heteroatoms. The lowest BCUT2D eigenvalue weighted by Crippen LogP contribution is -2.15. The fourth-order valence-corrected chi connectivity index (χ4v) is 3.20. The molecule has 0 amide bonds. The zero-order chi connectivity index (χ0) is 14.7. The van der Waals surface area contributed by atoms with E-state index in [1.165, 1.54) is 27.1 Å². The summed E-state index contributed by atoms with van der Waals surface area (Å²) in [6, 6.07) is 12.4. The van der Waals surface area contributed by atoms with Gasteiger partial charge in [0.2, 0.25) is 0 Å². The second-order valence-electron chi connectivity index (χ2n) is 5.16. The molecule has 0 radical (unpaired) electrons. The van der Waals surface area contributed by atoms with Crippen LogP contribution in [-0.2, 0) is 0 Å². The van der Waals surface area contributed by atoms with E-state index in [0.717, 1.165) is 10.8 Å². The van der Waals surface area contributed by atoms with Gasteiger partial charge in [0.25, 0.3) is 0 Å². The van der Waals surface area contributed by atoms with Crippen molar-refractivity contribution in [3.8, 4) is 0 Å². The molecule has 0 aliphatic carbocycles. The molecule has 1 atom stereocenters. The van der Waals surface area contributed by atoms with Crippen molar-refractivity contribution in [3.63, 3.8) is 0 Å². The summed E-state index contributed by atoms with van der Waals surface area (Å²) in [7, 11) is 0. The van der Waals surface area contributed by atoms with Gasteiger partial charge in [-0.2, -0.15) is 0 Å². The third-order valence-corrected chi connectivity index (χ3v) is 4.91. The predicted octanol–water partition coefficient (Wildman–Crippen LogP) is 5.06. The lowest BCUT2D eigenvalue weighted by Gasteiger charge is -2.16. The first kappa shape index (κ1) is 15.4. The Morgan fingerprint density at radius 3 is 2.25 bits per heavy atom. The molecule has 2 aromatic rings. The summed E-state index contributed by atoms with van der Waals surface area (Å²) in [6.45, 7) is 6.41. The zero-order valence-corrected chi connectivity index (χ0v) is 13.7. The Kier molecular flexibility index (Phi) is 5.14. The number of nitrogens with two attached hydrogens (primary N) is 1. The van der Waals surface area contributed by atoms with Gasteiger partial charge >= 0.3 is 0 Å². The van der Waals surface area contributed by atoms with Crippen molar-refractivity contribution in [1.29, 1.82) is 0 Å². The normalized spacial score (nSPS) is 12.4. The molecular formula is C17H20ClNS. The summed E-state index contributed by atoms with van der Waals surface area (Å²) in [5, 5.41) is 0.767. The molecule has 0 spiro atoms. The Morgan fingerprint density at radius 1 is 1.00 bits per heavy atom. The van der Waals surface area contributed by atoms with Gasteiger partial charge in [0.15, 0.2) is 0 Å². The van der Waals surface area contributed by atoms with Crippen molar-refractivity contribution in [2.45, 2.75) is 31.7 Å². The lowest BCUT2D eigenvalue weighted by atomic mass is 9.97. The summed E-state index contributed by atoms with van der Waals surface area (Å²) in [6.07, 6.45) is 0. The highest BCUT2D eigenvalue weighted by Gasteiger charge is 2.11. The maximum absolute atomic E-state index is 6.35. The molecule has 0 fully saturated rings. The first-order chi connectivity index (χ1) is 9.47. The van der Waals surface area contributed by atoms with Gasteiger partial charge in [-0.1, -0.05) is 23.7 Å². The molecule has 0 aliphatic heterocycles. The number of halogens is 1. The molecule has 0 bridgehead atoms. The van der Waals surface area contributed by atoms with Crippen LogP contribution in [0.2, 0.25) is 5.02 Å². The van der Waals surface area contributed by atoms with E-state index in [4.69, 9.17) is 17.3 Å². The van der Waals surface area contributed by atoms with E-state index in [-0.39, 0.29) is 6.04 Å². The molecule has 0 aromatic heterocycles. The summed E-state index contributed by atoms with van der Waals surface area (Å²) in [5.41, 5.74) is 11.5. The number of aryl methyl sites for hydroxylation is 3. The van der Waals surface area contributed by atoms with Crippen LogP contribution in [0.5, 0.6) is 0 Å². The van der Waals surface area contributed by atoms with E-state index in [2.05, 4.69) is 32.9 Å². The SMILES string of the molecule is Cc1cc(C)c(C(N)CSc2ccc(Cl)cc2)cc1C. The van der Waals surface area contributed by atoms with Gasteiger partial charge < -0.3 is 5.73 Å². The average molecular weight is 306 g/mol. The molecule has 106 valence electrons. The van der Waals surface area contributed by atoms with Crippen molar-refractivity contribution >= 4 is 23.4 Å². The highest BCUT2D eigenvalue weighted by molar-refractivity contribution is 7.99. The van der Waals surface area contributed by atoms with Crippen molar-refractivity contribution in [2.24, 2.45) is 5.73 Å². The molecule has 2 N–H and O–H groups in total. The third kappa shape index (κ3) is 3.78. The molecule has 0 saturated heterocycles. The molecular weight excluding hydrogens is 286 g/mol. The fraction of sp³-hybridized carbons (Fsp3) is 0.294. The Hall–Kier alpha value is -0.960. The molecule has 0 heterocycles. The third-order valence-electron chi connectivity index (χ3n) is 3.53. The van der Waals surface area contributed by atoms with Crippen LogP contribution in [0.4, 0.5) is 0 Å². The monoisotopic (exact) mass is 305 g/mol. The maximum Gasteiger partial charge on any atom is 0.0406 e. The van der Waals surface area contributed by atoms with Crippen LogP contribution in [0, 0.1) is 20.8 Å². The number of thioether (sulfide) groups is 1. The number of rotatable bonds is 4. The van der Waals surface area contributed by atoms with Crippen LogP contribution < -0.4 is 5.73 Å². The van der Waals surface area contributed by atoms with Crippen molar-refractivity contribution in [1.82, 2.24) is 0 Å². The van der Waals surface area contributed by atoms with Crippen LogP contribution >= 0.6 is 23.4 Å². The Morgan fingerprint density at radius 2 is 1.60 bits per heavy atom. The smallest absolute Gasteiger partial charge is 0.0406 e. The summed E-state index contributed by atoms with van der Waals surface area (Å²) < 4.78 is 0. The molecule has 1 nitrogen and oxygen atoms in total. The first-order valence-corrected chi connectivity index (χ1v) is 8.05. The van der Waals surface area contributed by atoms with Gasteiger partial charge in [-0.05, 0) is 67.3 Å². The highest BCUT2D eigenvalue weighted by Crippen LogP contribution is 2.27. The molecule has 20 heavy (non-hydrogen) atoms. The van der Waals surface area contributed by atoms with Gasteiger partial charge in [0.1, 0.15) is 0 Å². The van der Waals surface area contributed by atoms with Gasteiger partial charge in [0.05, 0.1) is 0 Å². The van der Waals surface area contributed by atoms with Crippen molar-refractivity contribution in [3.05, 3.63) is 63.7 Å². The Bertz CT molecular complexity index is 593. The van der Waals surface area contributed by atoms with E-state index in [9.17, 15) is 0 Å². The lowest BCUT2D eigenvalue weighted by molar-refractivity contribution is 0.820. The average Bonchev–Trinajstić information content (AvgIpc) is 2.42. The van der Waals surface area contributed by atoms with E-state index < -0.39 is 0 Å². The molecule has 2 aromatic carbocycles. The minimum Gasteiger partial charge on any atom is -0.323 e. The minimum absolute atomic E-state index is 0.0509. The van der Waals surface area contributed by atoms with E-state index >= 15 is 0 Å². The maximum atomic E-state index is 6.35. The zero-order valence-electron chi connectivity index (χ0n) is 12.1. The predicted molar refractivity (Wildman–Crippen MR) is 89.8 cm³/mol. The van der Waals surface area contributed by atoms with Gasteiger partial charge in [-0.25, -0.2) is 0 Å². The first-order valence-electron chi connectivity index (χ1n) is 6.69. The molecule has 2 rings (SSSR count). The molecule has 0 aliphatic rings. The second-order valence-corrected chi connectivity index (χ2v) is 6.69. The number of hydrogen-bond donors (Lipinski definition) is 1. The van der Waals surface area contributed by atoms with Crippen LogP contribution in [-0.4, -0.2) is 5.75 Å². The minimum atomic E-state index is 0.0509. The van der Waals surface area contributed by atoms with E-state index in [1.807, 2.05) is 24.3 Å². The van der Waals surface area contributed by atoms with Crippen molar-refractivity contribution in [2.75, 3.05) is 5.75 Å². The Balaban J connectivity index is 2.06. The highest BCUT2D eigenvalue weighted by atomic mass is 35.5. The largest absolute Gasteiger partial charge is 0.323 e. The van der Waals surface area contributed by atoms with Gasteiger partial charge in [-0.15, -0.1) is 11.8 Å². The number of hydrogen-bond acceptors (Lipinski definition) is 2. The van der Waals surface area contributed by atoms with Crippen LogP contribution in [0.25, 0.3) is 0 Å². The standard InChI is InChI=1S/C17H20ClNS/c1-11-8-13(3)16(9-12(11)2)17(19)10-20-15-6-4-14(18)5-7-15/h4-9,17H,10,19H2,1-3H3. The van der Waals surface area contributed by atoms with Crippen LogP contribution in [0.15, 0.2) is 41.3 Å².